The number of thioether (sulfide) groups is 1. The van der Waals surface area contributed by atoms with Crippen LogP contribution in [-0.4, -0.2) is 22.6 Å². The van der Waals surface area contributed by atoms with E-state index in [4.69, 9.17) is 0 Å². The van der Waals surface area contributed by atoms with Gasteiger partial charge in [0.15, 0.2) is 5.16 Å². The lowest BCUT2D eigenvalue weighted by Crippen LogP contribution is -2.29. The van der Waals surface area contributed by atoms with Crippen LogP contribution in [0.4, 0.5) is 17.6 Å². The molecular formula is C11H12F4N2S. The van der Waals surface area contributed by atoms with E-state index in [9.17, 15) is 17.6 Å². The predicted octanol–water partition coefficient (Wildman–Crippen LogP) is 3.43. The summed E-state index contributed by atoms with van der Waals surface area (Å²) in [5.41, 5.74) is -0.0770. The molecule has 0 aromatic carbocycles. The summed E-state index contributed by atoms with van der Waals surface area (Å²) in [4.78, 5) is 7.76. The van der Waals surface area contributed by atoms with Crippen molar-refractivity contribution in [1.82, 2.24) is 9.97 Å². The molecule has 18 heavy (non-hydrogen) atoms. The number of aromatic nitrogens is 2. The minimum atomic E-state index is -4.20. The Bertz CT molecular complexity index is 451. The number of aryl methyl sites for hydroxylation is 1. The first kappa shape index (κ1) is 13.6. The highest BCUT2D eigenvalue weighted by atomic mass is 32.2. The Morgan fingerprint density at radius 1 is 1.17 bits per heavy atom. The van der Waals surface area contributed by atoms with Gasteiger partial charge in [0, 0.05) is 11.3 Å². The second kappa shape index (κ2) is 5.03. The van der Waals surface area contributed by atoms with E-state index in [1.807, 2.05) is 0 Å². The molecule has 0 atom stereocenters. The normalized spacial score (nSPS) is 15.9. The van der Waals surface area contributed by atoms with Crippen LogP contribution in [0, 0.1) is 0 Å². The average Bonchev–Trinajstić information content (AvgIpc) is 2.37. The number of halogens is 4. The number of fused-ring (bicyclic) bond motifs is 1. The van der Waals surface area contributed by atoms with Gasteiger partial charge in [-0.25, -0.2) is 18.7 Å². The highest BCUT2D eigenvalue weighted by Crippen LogP contribution is 2.38. The first-order valence-corrected chi connectivity index (χ1v) is 6.79. The highest BCUT2D eigenvalue weighted by Gasteiger charge is 2.47. The van der Waals surface area contributed by atoms with Gasteiger partial charge in [0.1, 0.15) is 5.69 Å². The Labute approximate surface area is 106 Å². The summed E-state index contributed by atoms with van der Waals surface area (Å²) < 4.78 is 52.0. The number of hydrogen-bond donors (Lipinski definition) is 0. The second-order valence-corrected chi connectivity index (χ2v) is 4.89. The third kappa shape index (κ3) is 2.32. The van der Waals surface area contributed by atoms with Gasteiger partial charge in [0.05, 0.1) is 0 Å². The molecule has 1 aromatic heterocycles. The summed E-state index contributed by atoms with van der Waals surface area (Å²) in [5.74, 6) is -4.20. The van der Waals surface area contributed by atoms with Crippen molar-refractivity contribution in [2.75, 3.05) is 6.26 Å². The fraction of sp³-hybridized carbons (Fsp3) is 0.636. The molecule has 1 aliphatic carbocycles. The molecule has 0 N–H and O–H groups in total. The Morgan fingerprint density at radius 3 is 2.44 bits per heavy atom. The molecule has 1 aliphatic rings. The molecule has 100 valence electrons. The number of rotatable bonds is 3. The van der Waals surface area contributed by atoms with Crippen molar-refractivity contribution in [2.24, 2.45) is 0 Å². The first-order chi connectivity index (χ1) is 8.46. The minimum Gasteiger partial charge on any atom is -0.227 e. The van der Waals surface area contributed by atoms with Crippen LogP contribution in [-0.2, 0) is 18.8 Å². The Hall–Kier alpha value is -0.850. The summed E-state index contributed by atoms with van der Waals surface area (Å²) in [5, 5.41) is 0.131. The molecule has 1 heterocycles. The molecule has 2 rings (SSSR count). The zero-order valence-electron chi connectivity index (χ0n) is 9.72. The van der Waals surface area contributed by atoms with E-state index in [2.05, 4.69) is 9.97 Å². The Kier molecular flexibility index (Phi) is 3.79. The van der Waals surface area contributed by atoms with E-state index < -0.39 is 18.0 Å². The largest absolute Gasteiger partial charge is 0.349 e. The van der Waals surface area contributed by atoms with E-state index in [0.717, 1.165) is 18.2 Å². The lowest BCUT2D eigenvalue weighted by Gasteiger charge is -2.23. The van der Waals surface area contributed by atoms with E-state index >= 15 is 0 Å². The zero-order valence-corrected chi connectivity index (χ0v) is 10.5. The third-order valence-electron chi connectivity index (χ3n) is 2.93. The van der Waals surface area contributed by atoms with E-state index in [1.54, 1.807) is 6.26 Å². The molecule has 0 saturated heterocycles. The molecule has 7 heteroatoms. The maximum absolute atomic E-state index is 13.5. The summed E-state index contributed by atoms with van der Waals surface area (Å²) in [6.07, 6.45) is 0.348. The number of alkyl halides is 4. The Morgan fingerprint density at radius 2 is 1.83 bits per heavy atom. The molecular weight excluding hydrogens is 268 g/mol. The van der Waals surface area contributed by atoms with Gasteiger partial charge in [-0.2, -0.15) is 8.78 Å². The first-order valence-electron chi connectivity index (χ1n) is 5.57. The van der Waals surface area contributed by atoms with Crippen molar-refractivity contribution in [2.45, 2.75) is 43.2 Å². The standard InChI is InChI=1S/C11H12F4N2S/c1-18-10-16-7-5-3-2-4-6(7)8(17-10)11(14,15)9(12)13/h9H,2-5H2,1H3. The molecule has 2 nitrogen and oxygen atoms in total. The molecule has 1 aromatic rings. The number of hydrogen-bond acceptors (Lipinski definition) is 3. The molecule has 0 radical (unpaired) electrons. The van der Waals surface area contributed by atoms with Crippen molar-refractivity contribution in [3.63, 3.8) is 0 Å². The van der Waals surface area contributed by atoms with Crippen LogP contribution in [0.2, 0.25) is 0 Å². The summed E-state index contributed by atoms with van der Waals surface area (Å²) in [6, 6.07) is 0. The van der Waals surface area contributed by atoms with Crippen LogP contribution < -0.4 is 0 Å². The zero-order chi connectivity index (χ0) is 13.3. The van der Waals surface area contributed by atoms with E-state index in [-0.39, 0.29) is 10.7 Å². The van der Waals surface area contributed by atoms with Crippen molar-refractivity contribution in [1.29, 1.82) is 0 Å². The van der Waals surface area contributed by atoms with Crippen molar-refractivity contribution in [3.8, 4) is 0 Å². The monoisotopic (exact) mass is 280 g/mol. The lowest BCUT2D eigenvalue weighted by molar-refractivity contribution is -0.139. The molecule has 0 spiro atoms. The van der Waals surface area contributed by atoms with E-state index in [1.165, 1.54) is 0 Å². The van der Waals surface area contributed by atoms with Crippen LogP contribution in [0.3, 0.4) is 0 Å². The van der Waals surface area contributed by atoms with Crippen molar-refractivity contribution in [3.05, 3.63) is 17.0 Å². The summed E-state index contributed by atoms with van der Waals surface area (Å²) in [7, 11) is 0. The van der Waals surface area contributed by atoms with Crippen LogP contribution in [0.15, 0.2) is 5.16 Å². The molecule has 0 unspecified atom stereocenters. The third-order valence-corrected chi connectivity index (χ3v) is 3.48. The van der Waals surface area contributed by atoms with Crippen LogP contribution in [0.1, 0.15) is 29.8 Å². The maximum Gasteiger partial charge on any atom is 0.349 e. The maximum atomic E-state index is 13.5. The SMILES string of the molecule is CSc1nc2c(c(C(F)(F)C(F)F)n1)CCCC2. The van der Waals surface area contributed by atoms with Gasteiger partial charge >= 0.3 is 12.3 Å². The topological polar surface area (TPSA) is 25.8 Å². The molecule has 0 aliphatic heterocycles. The van der Waals surface area contributed by atoms with Gasteiger partial charge in [-0.3, -0.25) is 0 Å². The van der Waals surface area contributed by atoms with Gasteiger partial charge in [0.2, 0.25) is 0 Å². The van der Waals surface area contributed by atoms with Gasteiger partial charge in [-0.05, 0) is 31.9 Å². The summed E-state index contributed by atoms with van der Waals surface area (Å²) >= 11 is 1.08. The van der Waals surface area contributed by atoms with Gasteiger partial charge in [0.25, 0.3) is 0 Å². The molecule has 0 amide bonds. The number of nitrogens with zero attached hydrogens (tertiary/aromatic N) is 2. The minimum absolute atomic E-state index is 0.131. The fourth-order valence-electron chi connectivity index (χ4n) is 2.04. The van der Waals surface area contributed by atoms with Gasteiger partial charge in [-0.1, -0.05) is 11.8 Å². The van der Waals surface area contributed by atoms with Crippen LogP contribution in [0.25, 0.3) is 0 Å². The second-order valence-electron chi connectivity index (χ2n) is 4.11. The molecule has 0 fully saturated rings. The van der Waals surface area contributed by atoms with Gasteiger partial charge < -0.3 is 0 Å². The lowest BCUT2D eigenvalue weighted by atomic mass is 9.93. The van der Waals surface area contributed by atoms with Crippen molar-refractivity contribution < 1.29 is 17.6 Å². The van der Waals surface area contributed by atoms with E-state index in [0.29, 0.717) is 25.0 Å². The smallest absolute Gasteiger partial charge is 0.227 e. The van der Waals surface area contributed by atoms with Crippen LogP contribution >= 0.6 is 11.8 Å². The van der Waals surface area contributed by atoms with Crippen molar-refractivity contribution >= 4 is 11.8 Å². The summed E-state index contributed by atoms with van der Waals surface area (Å²) in [6.45, 7) is 0. The highest BCUT2D eigenvalue weighted by molar-refractivity contribution is 7.98. The quantitative estimate of drug-likeness (QED) is 0.482. The van der Waals surface area contributed by atoms with Gasteiger partial charge in [-0.15, -0.1) is 0 Å². The Balaban J connectivity index is 2.57. The average molecular weight is 280 g/mol. The molecule has 0 bridgehead atoms. The molecule has 0 saturated carbocycles. The van der Waals surface area contributed by atoms with Crippen LogP contribution in [0.5, 0.6) is 0 Å². The fourth-order valence-corrected chi connectivity index (χ4v) is 2.43. The predicted molar refractivity (Wildman–Crippen MR) is 60.4 cm³/mol.